The highest BCUT2D eigenvalue weighted by atomic mass is 16.2. The number of carbonyl (C=O) groups is 2. The van der Waals surface area contributed by atoms with Gasteiger partial charge in [0.05, 0.1) is 0 Å². The van der Waals surface area contributed by atoms with Crippen molar-refractivity contribution in [3.63, 3.8) is 0 Å². The summed E-state index contributed by atoms with van der Waals surface area (Å²) < 4.78 is 0. The van der Waals surface area contributed by atoms with Gasteiger partial charge >= 0.3 is 0 Å². The molecule has 25 heavy (non-hydrogen) atoms. The number of carbonyl (C=O) groups excluding carboxylic acids is 2. The van der Waals surface area contributed by atoms with Gasteiger partial charge in [-0.05, 0) is 35.4 Å². The van der Waals surface area contributed by atoms with Crippen molar-refractivity contribution in [3.8, 4) is 0 Å². The molecule has 2 aromatic rings. The number of nitrogens with one attached hydrogen (secondary N) is 1. The molecule has 0 heterocycles. The van der Waals surface area contributed by atoms with Crippen LogP contribution in [0.5, 0.6) is 0 Å². The Bertz CT molecular complexity index is 694. The van der Waals surface area contributed by atoms with Gasteiger partial charge in [-0.25, -0.2) is 0 Å². The van der Waals surface area contributed by atoms with Gasteiger partial charge in [0.2, 0.25) is 0 Å². The topological polar surface area (TPSA) is 75.4 Å². The summed E-state index contributed by atoms with van der Waals surface area (Å²) in [5.41, 5.74) is 8.72. The summed E-state index contributed by atoms with van der Waals surface area (Å²) in [5, 5.41) is 2.86. The van der Waals surface area contributed by atoms with Crippen LogP contribution in [-0.2, 0) is 13.1 Å². The first kappa shape index (κ1) is 20.4. The highest BCUT2D eigenvalue weighted by Crippen LogP contribution is 2.08. The van der Waals surface area contributed by atoms with Crippen LogP contribution in [0, 0.1) is 0 Å². The minimum Gasteiger partial charge on any atom is -0.348 e. The zero-order valence-corrected chi connectivity index (χ0v) is 15.4. The Labute approximate surface area is 149 Å². The molecule has 2 aromatic carbocycles. The van der Waals surface area contributed by atoms with Gasteiger partial charge in [-0.3, -0.25) is 9.59 Å². The molecule has 5 nitrogen and oxygen atoms in total. The minimum atomic E-state index is -0.174. The molecule has 0 aliphatic rings. The molecule has 0 radical (unpaired) electrons. The van der Waals surface area contributed by atoms with Gasteiger partial charge in [0.25, 0.3) is 11.8 Å². The molecule has 0 atom stereocenters. The van der Waals surface area contributed by atoms with Crippen molar-refractivity contribution in [1.29, 1.82) is 0 Å². The number of amides is 2. The largest absolute Gasteiger partial charge is 0.348 e. The van der Waals surface area contributed by atoms with E-state index >= 15 is 0 Å². The second-order valence-corrected chi connectivity index (χ2v) is 5.48. The molecule has 0 aliphatic heterocycles. The van der Waals surface area contributed by atoms with E-state index in [9.17, 15) is 9.59 Å². The Hall–Kier alpha value is -2.66. The summed E-state index contributed by atoms with van der Waals surface area (Å²) in [4.78, 5) is 25.5. The van der Waals surface area contributed by atoms with E-state index in [0.29, 0.717) is 24.2 Å². The minimum absolute atomic E-state index is 0.0874. The summed E-state index contributed by atoms with van der Waals surface area (Å²) >= 11 is 0. The van der Waals surface area contributed by atoms with E-state index in [1.54, 1.807) is 38.4 Å². The summed E-state index contributed by atoms with van der Waals surface area (Å²) in [6, 6.07) is 14.4. The van der Waals surface area contributed by atoms with E-state index < -0.39 is 0 Å². The lowest BCUT2D eigenvalue weighted by Gasteiger charge is -2.11. The number of hydrogen-bond acceptors (Lipinski definition) is 3. The summed E-state index contributed by atoms with van der Waals surface area (Å²) in [7, 11) is 3.39. The Morgan fingerprint density at radius 3 is 2.08 bits per heavy atom. The fourth-order valence-corrected chi connectivity index (χ4v) is 2.17. The smallest absolute Gasteiger partial charge is 0.253 e. The molecule has 0 fully saturated rings. The maximum Gasteiger partial charge on any atom is 0.253 e. The highest BCUT2D eigenvalue weighted by molar-refractivity contribution is 5.97. The Kier molecular flexibility index (Phi) is 8.36. The number of rotatable bonds is 5. The third-order valence-corrected chi connectivity index (χ3v) is 3.48. The molecular formula is C20H27N3O2. The van der Waals surface area contributed by atoms with E-state index in [1.807, 2.05) is 38.1 Å². The first-order valence-corrected chi connectivity index (χ1v) is 8.39. The van der Waals surface area contributed by atoms with E-state index in [0.717, 1.165) is 11.1 Å². The predicted molar refractivity (Wildman–Crippen MR) is 101 cm³/mol. The molecule has 2 rings (SSSR count). The van der Waals surface area contributed by atoms with Crippen molar-refractivity contribution in [3.05, 3.63) is 70.8 Å². The maximum atomic E-state index is 12.2. The number of nitrogens with zero attached hydrogens (tertiary/aromatic N) is 1. The molecule has 5 heteroatoms. The predicted octanol–water partition coefficient (Wildman–Crippen LogP) is 2.80. The lowest BCUT2D eigenvalue weighted by atomic mass is 10.1. The third kappa shape index (κ3) is 6.04. The van der Waals surface area contributed by atoms with Crippen LogP contribution in [0.4, 0.5) is 0 Å². The number of nitrogens with two attached hydrogens (primary N) is 1. The molecule has 3 N–H and O–H groups in total. The molecule has 0 spiro atoms. The van der Waals surface area contributed by atoms with Gasteiger partial charge < -0.3 is 16.0 Å². The van der Waals surface area contributed by atoms with Gasteiger partial charge in [-0.2, -0.15) is 0 Å². The Morgan fingerprint density at radius 2 is 1.52 bits per heavy atom. The van der Waals surface area contributed by atoms with Gasteiger partial charge in [-0.15, -0.1) is 0 Å². The summed E-state index contributed by atoms with van der Waals surface area (Å²) in [5.74, 6) is -0.262. The van der Waals surface area contributed by atoms with Crippen LogP contribution in [0.15, 0.2) is 48.5 Å². The average molecular weight is 341 g/mol. The molecule has 0 aromatic heterocycles. The zero-order chi connectivity index (χ0) is 18.8. The van der Waals surface area contributed by atoms with Gasteiger partial charge in [0.1, 0.15) is 0 Å². The van der Waals surface area contributed by atoms with Crippen molar-refractivity contribution < 1.29 is 9.59 Å². The van der Waals surface area contributed by atoms with Crippen LogP contribution in [0.3, 0.4) is 0 Å². The standard InChI is InChI=1S/C18H21N3O2.C2H6/c1-21(2)18(23)16-8-6-15(7-9-16)17(22)20-12-14-5-3-4-13(10-14)11-19;1-2/h3-10H,11-12,19H2,1-2H3,(H,20,22);1-2H3. The van der Waals surface area contributed by atoms with Crippen molar-refractivity contribution in [2.75, 3.05) is 14.1 Å². The zero-order valence-electron chi connectivity index (χ0n) is 15.4. The summed E-state index contributed by atoms with van der Waals surface area (Å²) in [6.07, 6.45) is 0. The lowest BCUT2D eigenvalue weighted by Crippen LogP contribution is -2.24. The highest BCUT2D eigenvalue weighted by Gasteiger charge is 2.10. The number of benzene rings is 2. The van der Waals surface area contributed by atoms with Gasteiger partial charge in [0.15, 0.2) is 0 Å². The molecule has 0 saturated heterocycles. The Morgan fingerprint density at radius 1 is 0.960 bits per heavy atom. The van der Waals surface area contributed by atoms with E-state index in [-0.39, 0.29) is 11.8 Å². The van der Waals surface area contributed by atoms with Crippen LogP contribution in [-0.4, -0.2) is 30.8 Å². The van der Waals surface area contributed by atoms with Crippen molar-refractivity contribution in [2.24, 2.45) is 5.73 Å². The molecule has 0 saturated carbocycles. The molecule has 0 bridgehead atoms. The van der Waals surface area contributed by atoms with Crippen molar-refractivity contribution in [2.45, 2.75) is 26.9 Å². The normalized spacial score (nSPS) is 9.64. The number of hydrogen-bond donors (Lipinski definition) is 2. The van der Waals surface area contributed by atoms with Crippen LogP contribution >= 0.6 is 0 Å². The first-order valence-electron chi connectivity index (χ1n) is 8.39. The van der Waals surface area contributed by atoms with Crippen LogP contribution in [0.2, 0.25) is 0 Å². The van der Waals surface area contributed by atoms with Crippen LogP contribution < -0.4 is 11.1 Å². The Balaban J connectivity index is 0.00000151. The van der Waals surface area contributed by atoms with E-state index in [1.165, 1.54) is 4.90 Å². The fraction of sp³-hybridized carbons (Fsp3) is 0.300. The molecule has 2 amide bonds. The second-order valence-electron chi connectivity index (χ2n) is 5.48. The second kappa shape index (κ2) is 10.3. The molecule has 0 aliphatic carbocycles. The average Bonchev–Trinajstić information content (AvgIpc) is 2.67. The molecular weight excluding hydrogens is 314 g/mol. The van der Waals surface area contributed by atoms with E-state index in [4.69, 9.17) is 5.73 Å². The van der Waals surface area contributed by atoms with E-state index in [2.05, 4.69) is 5.32 Å². The summed E-state index contributed by atoms with van der Waals surface area (Å²) in [6.45, 7) is 4.91. The van der Waals surface area contributed by atoms with Crippen LogP contribution in [0.25, 0.3) is 0 Å². The maximum absolute atomic E-state index is 12.2. The molecule has 134 valence electrons. The first-order chi connectivity index (χ1) is 12.0. The van der Waals surface area contributed by atoms with Crippen molar-refractivity contribution in [1.82, 2.24) is 10.2 Å². The van der Waals surface area contributed by atoms with Crippen LogP contribution in [0.1, 0.15) is 45.7 Å². The van der Waals surface area contributed by atoms with Crippen molar-refractivity contribution >= 4 is 11.8 Å². The monoisotopic (exact) mass is 341 g/mol. The lowest BCUT2D eigenvalue weighted by molar-refractivity contribution is 0.0826. The molecule has 0 unspecified atom stereocenters. The van der Waals surface area contributed by atoms with Gasteiger partial charge in [-0.1, -0.05) is 38.1 Å². The van der Waals surface area contributed by atoms with Gasteiger partial charge in [0, 0.05) is 38.3 Å². The quantitative estimate of drug-likeness (QED) is 0.878. The third-order valence-electron chi connectivity index (χ3n) is 3.48. The SMILES string of the molecule is CC.CN(C)C(=O)c1ccc(C(=O)NCc2cccc(CN)c2)cc1. The fourth-order valence-electron chi connectivity index (χ4n) is 2.17.